The van der Waals surface area contributed by atoms with Gasteiger partial charge in [0.25, 0.3) is 0 Å². The molecule has 0 aromatic rings. The average molecular weight is 335 g/mol. The maximum absolute atomic E-state index is 2.46. The molecule has 0 radical (unpaired) electrons. The van der Waals surface area contributed by atoms with Crippen LogP contribution in [-0.4, -0.2) is 0 Å². The first-order chi connectivity index (χ1) is 11.7. The Bertz CT molecular complexity index is 296. The molecule has 3 rings (SSSR count). The minimum atomic E-state index is 1.02. The van der Waals surface area contributed by atoms with Gasteiger partial charge in [0, 0.05) is 0 Å². The van der Waals surface area contributed by atoms with Gasteiger partial charge in [-0.1, -0.05) is 66.2 Å². The topological polar surface area (TPSA) is 0 Å². The summed E-state index contributed by atoms with van der Waals surface area (Å²) in [5.41, 5.74) is 0. The maximum Gasteiger partial charge on any atom is -0.0386 e. The molecule has 0 N–H and O–H groups in total. The monoisotopic (exact) mass is 334 g/mol. The van der Waals surface area contributed by atoms with Crippen LogP contribution in [0, 0.1) is 35.5 Å². The molecular weight excluding hydrogens is 288 g/mol. The second-order valence-corrected chi connectivity index (χ2v) is 9.59. The highest BCUT2D eigenvalue weighted by molar-refractivity contribution is 4.85. The Morgan fingerprint density at radius 2 is 0.792 bits per heavy atom. The third-order valence-electron chi connectivity index (χ3n) is 7.68. The van der Waals surface area contributed by atoms with Crippen LogP contribution < -0.4 is 0 Å². The molecule has 3 aliphatic rings. The van der Waals surface area contributed by atoms with E-state index in [2.05, 4.69) is 27.7 Å². The van der Waals surface area contributed by atoms with Crippen LogP contribution in [0.15, 0.2) is 0 Å². The zero-order chi connectivity index (χ0) is 17.4. The molecule has 0 aliphatic heterocycles. The third kappa shape index (κ3) is 6.06. The van der Waals surface area contributed by atoms with Gasteiger partial charge in [0.15, 0.2) is 0 Å². The van der Waals surface area contributed by atoms with Crippen molar-refractivity contribution in [1.29, 1.82) is 0 Å². The molecule has 24 heavy (non-hydrogen) atoms. The molecule has 3 aliphatic carbocycles. The van der Waals surface area contributed by atoms with Crippen molar-refractivity contribution >= 4 is 0 Å². The molecule has 0 atom stereocenters. The first-order valence-electron chi connectivity index (χ1n) is 11.7. The van der Waals surface area contributed by atoms with Crippen LogP contribution >= 0.6 is 0 Å². The van der Waals surface area contributed by atoms with E-state index in [1.165, 1.54) is 25.7 Å². The molecule has 0 unspecified atom stereocenters. The molecule has 0 nitrogen and oxygen atoms in total. The van der Waals surface area contributed by atoms with Gasteiger partial charge in [-0.2, -0.15) is 0 Å². The second kappa shape index (κ2) is 10.9. The van der Waals surface area contributed by atoms with Crippen LogP contribution in [0.1, 0.15) is 118 Å². The summed E-state index contributed by atoms with van der Waals surface area (Å²) in [5, 5.41) is 0. The minimum absolute atomic E-state index is 1.02. The molecule has 0 heteroatoms. The Labute approximate surface area is 153 Å². The summed E-state index contributed by atoms with van der Waals surface area (Å²) in [6.07, 6.45) is 21.4. The molecule has 0 bridgehead atoms. The summed E-state index contributed by atoms with van der Waals surface area (Å²) in [6, 6.07) is 0. The van der Waals surface area contributed by atoms with Crippen molar-refractivity contribution in [2.45, 2.75) is 118 Å². The van der Waals surface area contributed by atoms with Gasteiger partial charge in [-0.3, -0.25) is 0 Å². The van der Waals surface area contributed by atoms with E-state index in [1.807, 2.05) is 0 Å². The highest BCUT2D eigenvalue weighted by atomic mass is 14.4. The highest BCUT2D eigenvalue weighted by Crippen LogP contribution is 2.46. The maximum atomic E-state index is 2.46. The van der Waals surface area contributed by atoms with Gasteiger partial charge in [0.1, 0.15) is 0 Å². The van der Waals surface area contributed by atoms with Gasteiger partial charge in [-0.25, -0.2) is 0 Å². The molecule has 0 aromatic heterocycles. The number of rotatable bonds is 3. The predicted octanol–water partition coefficient (Wildman–Crippen LogP) is 8.25. The lowest BCUT2D eigenvalue weighted by molar-refractivity contribution is 0.106. The Hall–Kier alpha value is 0. The Kier molecular flexibility index (Phi) is 9.20. The van der Waals surface area contributed by atoms with E-state index in [4.69, 9.17) is 0 Å². The summed E-state index contributed by atoms with van der Waals surface area (Å²) in [7, 11) is 0. The fraction of sp³-hybridized carbons (Fsp3) is 1.00. The van der Waals surface area contributed by atoms with E-state index in [-0.39, 0.29) is 0 Å². The first-order valence-corrected chi connectivity index (χ1v) is 11.7. The Morgan fingerprint density at radius 1 is 0.500 bits per heavy atom. The molecule has 142 valence electrons. The number of hydrogen-bond donors (Lipinski definition) is 0. The average Bonchev–Trinajstić information content (AvgIpc) is 2.63. The molecule has 0 spiro atoms. The van der Waals surface area contributed by atoms with Crippen LogP contribution in [0.3, 0.4) is 0 Å². The normalized spacial score (nSPS) is 40.5. The van der Waals surface area contributed by atoms with E-state index >= 15 is 0 Å². The van der Waals surface area contributed by atoms with E-state index in [0.29, 0.717) is 0 Å². The lowest BCUT2D eigenvalue weighted by Gasteiger charge is -2.41. The lowest BCUT2D eigenvalue weighted by atomic mass is 9.65. The van der Waals surface area contributed by atoms with E-state index in [9.17, 15) is 0 Å². The predicted molar refractivity (Wildman–Crippen MR) is 108 cm³/mol. The molecule has 0 saturated heterocycles. The van der Waals surface area contributed by atoms with Gasteiger partial charge in [-0.15, -0.1) is 0 Å². The molecule has 0 aromatic carbocycles. The second-order valence-electron chi connectivity index (χ2n) is 9.59. The molecule has 3 fully saturated rings. The highest BCUT2D eigenvalue weighted by Gasteiger charge is 2.33. The van der Waals surface area contributed by atoms with Gasteiger partial charge >= 0.3 is 0 Å². The Balaban J connectivity index is 0.000000647. The van der Waals surface area contributed by atoms with Crippen LogP contribution in [-0.2, 0) is 0 Å². The van der Waals surface area contributed by atoms with Crippen molar-refractivity contribution in [3.8, 4) is 0 Å². The summed E-state index contributed by atoms with van der Waals surface area (Å²) < 4.78 is 0. The van der Waals surface area contributed by atoms with Crippen molar-refractivity contribution in [2.24, 2.45) is 35.5 Å². The Morgan fingerprint density at radius 3 is 1.12 bits per heavy atom. The van der Waals surface area contributed by atoms with Crippen LogP contribution in [0.2, 0.25) is 0 Å². The van der Waals surface area contributed by atoms with E-state index in [1.54, 1.807) is 64.2 Å². The lowest BCUT2D eigenvalue weighted by Crippen LogP contribution is -2.29. The summed E-state index contributed by atoms with van der Waals surface area (Å²) in [5.74, 6) is 6.54. The van der Waals surface area contributed by atoms with Crippen LogP contribution in [0.25, 0.3) is 0 Å². The minimum Gasteiger partial charge on any atom is -0.0656 e. The molecule has 3 saturated carbocycles. The van der Waals surface area contributed by atoms with Crippen molar-refractivity contribution in [1.82, 2.24) is 0 Å². The van der Waals surface area contributed by atoms with Gasteiger partial charge in [0.2, 0.25) is 0 Å². The fourth-order valence-electron chi connectivity index (χ4n) is 5.91. The third-order valence-corrected chi connectivity index (χ3v) is 7.68. The van der Waals surface area contributed by atoms with Crippen molar-refractivity contribution < 1.29 is 0 Å². The summed E-state index contributed by atoms with van der Waals surface area (Å²) >= 11 is 0. The quantitative estimate of drug-likeness (QED) is 0.487. The molecule has 0 heterocycles. The largest absolute Gasteiger partial charge is 0.0656 e. The van der Waals surface area contributed by atoms with Gasteiger partial charge < -0.3 is 0 Å². The molecule has 0 amide bonds. The van der Waals surface area contributed by atoms with Gasteiger partial charge in [0.05, 0.1) is 0 Å². The standard InChI is InChI=1S/C21H38.C3H8/c1-3-17-6-10-19(11-7-17)21-14-12-20(13-15-21)18-8-4-16(2)5-9-18;1-3-2/h16-21H,3-15H2,1-2H3;3H2,1-2H3. The summed E-state index contributed by atoms with van der Waals surface area (Å²) in [4.78, 5) is 0. The fourth-order valence-corrected chi connectivity index (χ4v) is 5.91. The van der Waals surface area contributed by atoms with Crippen molar-refractivity contribution in [2.75, 3.05) is 0 Å². The summed E-state index contributed by atoms with van der Waals surface area (Å²) in [6.45, 7) is 9.10. The smallest absolute Gasteiger partial charge is 0.0386 e. The zero-order valence-electron chi connectivity index (χ0n) is 17.4. The SMILES string of the molecule is CCC.CCC1CCC(C2CCC(C3CCC(C)CC3)CC2)CC1. The van der Waals surface area contributed by atoms with Crippen molar-refractivity contribution in [3.63, 3.8) is 0 Å². The van der Waals surface area contributed by atoms with Crippen molar-refractivity contribution in [3.05, 3.63) is 0 Å². The van der Waals surface area contributed by atoms with Crippen LogP contribution in [0.5, 0.6) is 0 Å². The van der Waals surface area contributed by atoms with Crippen LogP contribution in [0.4, 0.5) is 0 Å². The number of hydrogen-bond acceptors (Lipinski definition) is 0. The first kappa shape index (κ1) is 20.3. The molecular formula is C24H46. The zero-order valence-corrected chi connectivity index (χ0v) is 17.4. The van der Waals surface area contributed by atoms with Gasteiger partial charge in [-0.05, 0) is 86.9 Å². The van der Waals surface area contributed by atoms with E-state index in [0.717, 1.165) is 35.5 Å². The van der Waals surface area contributed by atoms with E-state index < -0.39 is 0 Å².